The van der Waals surface area contributed by atoms with Crippen molar-refractivity contribution in [3.8, 4) is 0 Å². The molecular formula is C12H11FINO4. The molecule has 1 heterocycles. The van der Waals surface area contributed by atoms with Crippen LogP contribution in [0.1, 0.15) is 6.92 Å². The van der Waals surface area contributed by atoms with Crippen molar-refractivity contribution >= 4 is 40.3 Å². The van der Waals surface area contributed by atoms with Crippen LogP contribution >= 0.6 is 22.6 Å². The van der Waals surface area contributed by atoms with Gasteiger partial charge in [-0.05, 0) is 40.8 Å². The van der Waals surface area contributed by atoms with E-state index in [-0.39, 0.29) is 13.2 Å². The van der Waals surface area contributed by atoms with Gasteiger partial charge < -0.3 is 9.47 Å². The van der Waals surface area contributed by atoms with Crippen molar-refractivity contribution in [3.05, 3.63) is 27.6 Å². The number of rotatable bonds is 3. The highest BCUT2D eigenvalue weighted by Crippen LogP contribution is 2.24. The Hall–Kier alpha value is -1.38. The SMILES string of the molecule is CC(=O)OCC1CN(c2ccc(I)c(F)c2)C(=O)O1. The molecule has 0 N–H and O–H groups in total. The molecule has 1 aliphatic heterocycles. The van der Waals surface area contributed by atoms with E-state index < -0.39 is 24.0 Å². The number of ether oxygens (including phenoxy) is 2. The zero-order chi connectivity index (χ0) is 14.0. The van der Waals surface area contributed by atoms with Gasteiger partial charge >= 0.3 is 12.1 Å². The van der Waals surface area contributed by atoms with Crippen LogP contribution in [0.3, 0.4) is 0 Å². The second-order valence-corrected chi connectivity index (χ2v) is 5.18. The van der Waals surface area contributed by atoms with Gasteiger partial charge in [0.05, 0.1) is 12.2 Å². The van der Waals surface area contributed by atoms with Crippen LogP contribution in [-0.4, -0.2) is 31.3 Å². The molecule has 1 aromatic rings. The minimum atomic E-state index is -0.572. The Labute approximate surface area is 122 Å². The number of nitrogens with zero attached hydrogens (tertiary/aromatic N) is 1. The van der Waals surface area contributed by atoms with E-state index in [1.54, 1.807) is 12.1 Å². The molecule has 1 fully saturated rings. The number of amides is 1. The first-order chi connectivity index (χ1) is 8.97. The largest absolute Gasteiger partial charge is 0.462 e. The fraction of sp³-hybridized carbons (Fsp3) is 0.333. The normalized spacial score (nSPS) is 18.4. The predicted octanol–water partition coefficient (Wildman–Crippen LogP) is 2.32. The van der Waals surface area contributed by atoms with Crippen molar-refractivity contribution in [1.82, 2.24) is 0 Å². The van der Waals surface area contributed by atoms with Crippen LogP contribution < -0.4 is 4.90 Å². The van der Waals surface area contributed by atoms with Crippen molar-refractivity contribution < 1.29 is 23.5 Å². The molecule has 7 heteroatoms. The molecule has 5 nitrogen and oxygen atoms in total. The molecule has 0 spiro atoms. The van der Waals surface area contributed by atoms with E-state index >= 15 is 0 Å². The quantitative estimate of drug-likeness (QED) is 0.598. The Balaban J connectivity index is 2.07. The van der Waals surface area contributed by atoms with E-state index in [9.17, 15) is 14.0 Å². The summed E-state index contributed by atoms with van der Waals surface area (Å²) in [6.07, 6.45) is -1.10. The number of anilines is 1. The van der Waals surface area contributed by atoms with Crippen molar-refractivity contribution in [2.24, 2.45) is 0 Å². The summed E-state index contributed by atoms with van der Waals surface area (Å²) in [4.78, 5) is 23.7. The topological polar surface area (TPSA) is 55.8 Å². The maximum atomic E-state index is 13.5. The summed E-state index contributed by atoms with van der Waals surface area (Å²) in [6, 6.07) is 4.50. The zero-order valence-electron chi connectivity index (χ0n) is 10.1. The molecule has 1 saturated heterocycles. The van der Waals surface area contributed by atoms with E-state index in [4.69, 9.17) is 9.47 Å². The fourth-order valence-corrected chi connectivity index (χ4v) is 2.02. The van der Waals surface area contributed by atoms with Crippen LogP contribution in [0.2, 0.25) is 0 Å². The van der Waals surface area contributed by atoms with E-state index in [2.05, 4.69) is 0 Å². The van der Waals surface area contributed by atoms with Crippen molar-refractivity contribution in [2.75, 3.05) is 18.1 Å². The van der Waals surface area contributed by atoms with E-state index in [1.807, 2.05) is 22.6 Å². The molecule has 0 aromatic heterocycles. The number of hydrogen-bond donors (Lipinski definition) is 0. The first-order valence-electron chi connectivity index (χ1n) is 5.54. The summed E-state index contributed by atoms with van der Waals surface area (Å²) >= 11 is 1.87. The van der Waals surface area contributed by atoms with Gasteiger partial charge in [-0.25, -0.2) is 9.18 Å². The third-order valence-electron chi connectivity index (χ3n) is 2.56. The first-order valence-corrected chi connectivity index (χ1v) is 6.62. The minimum Gasteiger partial charge on any atom is -0.462 e. The van der Waals surface area contributed by atoms with E-state index in [0.717, 1.165) is 0 Å². The lowest BCUT2D eigenvalue weighted by Crippen LogP contribution is -2.26. The van der Waals surface area contributed by atoms with E-state index in [0.29, 0.717) is 9.26 Å². The second kappa shape index (κ2) is 5.72. The van der Waals surface area contributed by atoms with Gasteiger partial charge in [0, 0.05) is 10.5 Å². The Kier molecular flexibility index (Phi) is 4.23. The average Bonchev–Trinajstić information content (AvgIpc) is 2.72. The molecule has 2 rings (SSSR count). The van der Waals surface area contributed by atoms with Gasteiger partial charge in [0.15, 0.2) is 6.10 Å². The number of carbonyl (C=O) groups is 2. The number of esters is 1. The second-order valence-electron chi connectivity index (χ2n) is 4.02. The predicted molar refractivity (Wildman–Crippen MR) is 73.4 cm³/mol. The van der Waals surface area contributed by atoms with Gasteiger partial charge in [-0.3, -0.25) is 9.69 Å². The van der Waals surface area contributed by atoms with Crippen molar-refractivity contribution in [2.45, 2.75) is 13.0 Å². The van der Waals surface area contributed by atoms with Crippen LogP contribution in [0.25, 0.3) is 0 Å². The lowest BCUT2D eigenvalue weighted by Gasteiger charge is -2.13. The molecule has 1 atom stereocenters. The van der Waals surface area contributed by atoms with Crippen LogP contribution in [0, 0.1) is 9.39 Å². The Morgan fingerprint density at radius 2 is 2.37 bits per heavy atom. The maximum Gasteiger partial charge on any atom is 0.414 e. The molecule has 102 valence electrons. The lowest BCUT2D eigenvalue weighted by atomic mass is 10.2. The van der Waals surface area contributed by atoms with E-state index in [1.165, 1.54) is 17.9 Å². The smallest absolute Gasteiger partial charge is 0.414 e. The molecule has 1 aromatic carbocycles. The molecule has 0 radical (unpaired) electrons. The van der Waals surface area contributed by atoms with Crippen LogP contribution in [0.15, 0.2) is 18.2 Å². The van der Waals surface area contributed by atoms with Gasteiger partial charge in [0.2, 0.25) is 0 Å². The number of hydrogen-bond acceptors (Lipinski definition) is 4. The van der Waals surface area contributed by atoms with Gasteiger partial charge in [0.25, 0.3) is 0 Å². The van der Waals surface area contributed by atoms with Crippen molar-refractivity contribution in [3.63, 3.8) is 0 Å². The molecule has 1 aliphatic rings. The average molecular weight is 379 g/mol. The third-order valence-corrected chi connectivity index (χ3v) is 3.44. The summed E-state index contributed by atoms with van der Waals surface area (Å²) in [5, 5.41) is 0. The Bertz CT molecular complexity index is 522. The summed E-state index contributed by atoms with van der Waals surface area (Å²) in [5.74, 6) is -0.829. The van der Waals surface area contributed by atoms with Crippen LogP contribution in [-0.2, 0) is 14.3 Å². The number of benzene rings is 1. The summed E-state index contributed by atoms with van der Waals surface area (Å²) < 4.78 is 23.7. The number of carbonyl (C=O) groups excluding carboxylic acids is 2. The highest BCUT2D eigenvalue weighted by Gasteiger charge is 2.33. The lowest BCUT2D eigenvalue weighted by molar-refractivity contribution is -0.143. The monoisotopic (exact) mass is 379 g/mol. The Morgan fingerprint density at radius 3 is 3.00 bits per heavy atom. The summed E-state index contributed by atoms with van der Waals surface area (Å²) in [7, 11) is 0. The zero-order valence-corrected chi connectivity index (χ0v) is 12.2. The van der Waals surface area contributed by atoms with Gasteiger partial charge in [-0.15, -0.1) is 0 Å². The summed E-state index contributed by atoms with van der Waals surface area (Å²) in [5.41, 5.74) is 0.424. The molecule has 1 amide bonds. The molecule has 0 saturated carbocycles. The van der Waals surface area contributed by atoms with Gasteiger partial charge in [-0.1, -0.05) is 0 Å². The highest BCUT2D eigenvalue weighted by molar-refractivity contribution is 14.1. The van der Waals surface area contributed by atoms with Crippen molar-refractivity contribution in [1.29, 1.82) is 0 Å². The fourth-order valence-electron chi connectivity index (χ4n) is 1.68. The number of cyclic esters (lactones) is 1. The maximum absolute atomic E-state index is 13.5. The number of halogens is 2. The Morgan fingerprint density at radius 1 is 1.63 bits per heavy atom. The molecular weight excluding hydrogens is 368 g/mol. The molecule has 0 aliphatic carbocycles. The van der Waals surface area contributed by atoms with Gasteiger partial charge in [0.1, 0.15) is 12.4 Å². The molecule has 1 unspecified atom stereocenters. The standard InChI is InChI=1S/C12H11FINO4/c1-7(16)18-6-9-5-15(12(17)19-9)8-2-3-11(14)10(13)4-8/h2-4,9H,5-6H2,1H3. The first kappa shape index (κ1) is 14.0. The van der Waals surface area contributed by atoms with Gasteiger partial charge in [-0.2, -0.15) is 0 Å². The third kappa shape index (κ3) is 3.34. The molecule has 19 heavy (non-hydrogen) atoms. The van der Waals surface area contributed by atoms with Crippen LogP contribution in [0.4, 0.5) is 14.9 Å². The highest BCUT2D eigenvalue weighted by atomic mass is 127. The van der Waals surface area contributed by atoms with Crippen LogP contribution in [0.5, 0.6) is 0 Å². The molecule has 0 bridgehead atoms. The minimum absolute atomic E-state index is 0.00439. The summed E-state index contributed by atoms with van der Waals surface area (Å²) in [6.45, 7) is 1.51.